The average molecular weight is 295 g/mol. The van der Waals surface area contributed by atoms with Crippen LogP contribution in [0.25, 0.3) is 5.57 Å². The molecular formula is C19H21NO2. The summed E-state index contributed by atoms with van der Waals surface area (Å²) in [5.41, 5.74) is 3.48. The Balaban J connectivity index is 2.44. The largest absolute Gasteiger partial charge is 0.481 e. The van der Waals surface area contributed by atoms with Crippen LogP contribution in [0.4, 0.5) is 0 Å². The van der Waals surface area contributed by atoms with Gasteiger partial charge in [0, 0.05) is 12.0 Å². The molecule has 0 aliphatic carbocycles. The molecule has 0 spiro atoms. The lowest BCUT2D eigenvalue weighted by molar-refractivity contribution is -0.137. The van der Waals surface area contributed by atoms with Crippen LogP contribution in [0.2, 0.25) is 0 Å². The number of carboxylic acids is 1. The van der Waals surface area contributed by atoms with Crippen molar-refractivity contribution in [3.05, 3.63) is 66.3 Å². The van der Waals surface area contributed by atoms with E-state index in [9.17, 15) is 4.79 Å². The molecule has 1 aromatic carbocycles. The van der Waals surface area contributed by atoms with Crippen LogP contribution in [0.3, 0.4) is 0 Å². The van der Waals surface area contributed by atoms with Crippen molar-refractivity contribution in [2.45, 2.75) is 32.1 Å². The third-order valence-corrected chi connectivity index (χ3v) is 3.31. The highest BCUT2D eigenvalue weighted by atomic mass is 16.4. The van der Waals surface area contributed by atoms with Gasteiger partial charge in [0.2, 0.25) is 0 Å². The van der Waals surface area contributed by atoms with E-state index in [1.807, 2.05) is 18.2 Å². The molecule has 1 aromatic rings. The maximum absolute atomic E-state index is 10.4. The second-order valence-corrected chi connectivity index (χ2v) is 5.15. The van der Waals surface area contributed by atoms with Gasteiger partial charge < -0.3 is 5.11 Å². The standard InChI is InChI=1S/C19H21NO2/c1-15(14-20)8-9-16(2)18-12-10-17(11-13-18)6-4-3-5-7-19(21)22/h8-13H,1-7H2,(H,21,22)/b9-8-. The van der Waals surface area contributed by atoms with Gasteiger partial charge in [0.25, 0.3) is 0 Å². The van der Waals surface area contributed by atoms with Gasteiger partial charge in [-0.25, -0.2) is 0 Å². The fourth-order valence-corrected chi connectivity index (χ4v) is 2.00. The molecule has 0 amide bonds. The molecule has 0 aliphatic heterocycles. The first-order chi connectivity index (χ1) is 10.5. The van der Waals surface area contributed by atoms with Crippen molar-refractivity contribution in [2.75, 3.05) is 0 Å². The molecule has 0 aromatic heterocycles. The summed E-state index contributed by atoms with van der Waals surface area (Å²) in [7, 11) is 0. The monoisotopic (exact) mass is 295 g/mol. The predicted molar refractivity (Wildman–Crippen MR) is 89.2 cm³/mol. The number of aryl methyl sites for hydroxylation is 1. The van der Waals surface area contributed by atoms with E-state index in [1.165, 1.54) is 5.56 Å². The first kappa shape index (κ1) is 17.5. The van der Waals surface area contributed by atoms with Crippen LogP contribution in [-0.2, 0) is 11.2 Å². The van der Waals surface area contributed by atoms with Crippen LogP contribution < -0.4 is 0 Å². The number of allylic oxidation sites excluding steroid dienone is 4. The van der Waals surface area contributed by atoms with Crippen LogP contribution in [0, 0.1) is 11.3 Å². The highest BCUT2D eigenvalue weighted by Crippen LogP contribution is 2.16. The van der Waals surface area contributed by atoms with Crippen molar-refractivity contribution in [3.8, 4) is 6.07 Å². The Morgan fingerprint density at radius 2 is 1.82 bits per heavy atom. The maximum atomic E-state index is 10.4. The molecule has 22 heavy (non-hydrogen) atoms. The Kier molecular flexibility index (Phi) is 7.42. The second-order valence-electron chi connectivity index (χ2n) is 5.15. The van der Waals surface area contributed by atoms with Gasteiger partial charge in [-0.05, 0) is 42.0 Å². The van der Waals surface area contributed by atoms with Crippen LogP contribution in [-0.4, -0.2) is 11.1 Å². The third-order valence-electron chi connectivity index (χ3n) is 3.31. The van der Waals surface area contributed by atoms with Gasteiger partial charge in [-0.1, -0.05) is 49.9 Å². The SMILES string of the molecule is C=C(C#N)/C=C\C(=C)c1ccc(CCCCCC(=O)O)cc1. The number of aliphatic carboxylic acids is 1. The van der Waals surface area contributed by atoms with Crippen molar-refractivity contribution in [2.24, 2.45) is 0 Å². The van der Waals surface area contributed by atoms with Crippen molar-refractivity contribution < 1.29 is 9.90 Å². The summed E-state index contributed by atoms with van der Waals surface area (Å²) in [6.07, 6.45) is 7.30. The van der Waals surface area contributed by atoms with Crippen molar-refractivity contribution in [3.63, 3.8) is 0 Å². The lowest BCUT2D eigenvalue weighted by Gasteiger charge is -2.04. The van der Waals surface area contributed by atoms with Gasteiger partial charge >= 0.3 is 5.97 Å². The predicted octanol–water partition coefficient (Wildman–Crippen LogP) is 4.52. The van der Waals surface area contributed by atoms with Gasteiger partial charge in [0.15, 0.2) is 0 Å². The maximum Gasteiger partial charge on any atom is 0.303 e. The molecule has 3 nitrogen and oxygen atoms in total. The lowest BCUT2D eigenvalue weighted by atomic mass is 10.0. The summed E-state index contributed by atoms with van der Waals surface area (Å²) in [6.45, 7) is 7.56. The lowest BCUT2D eigenvalue weighted by Crippen LogP contribution is -1.94. The number of rotatable bonds is 9. The van der Waals surface area contributed by atoms with E-state index >= 15 is 0 Å². The molecule has 0 aliphatic rings. The summed E-state index contributed by atoms with van der Waals surface area (Å²) >= 11 is 0. The summed E-state index contributed by atoms with van der Waals surface area (Å²) in [5, 5.41) is 17.2. The Labute approximate surface area is 131 Å². The molecular weight excluding hydrogens is 274 g/mol. The Bertz CT molecular complexity index is 603. The summed E-state index contributed by atoms with van der Waals surface area (Å²) in [4.78, 5) is 10.4. The summed E-state index contributed by atoms with van der Waals surface area (Å²) in [6, 6.07) is 10.1. The fraction of sp³-hybridized carbons (Fsp3) is 0.263. The Morgan fingerprint density at radius 3 is 2.41 bits per heavy atom. The number of carboxylic acid groups (broad SMARTS) is 1. The molecule has 0 atom stereocenters. The van der Waals surface area contributed by atoms with Gasteiger partial charge in [-0.3, -0.25) is 4.79 Å². The zero-order chi connectivity index (χ0) is 16.4. The molecule has 0 radical (unpaired) electrons. The molecule has 114 valence electrons. The van der Waals surface area contributed by atoms with Gasteiger partial charge in [-0.2, -0.15) is 5.26 Å². The minimum Gasteiger partial charge on any atom is -0.481 e. The molecule has 0 fully saturated rings. The molecule has 0 saturated carbocycles. The zero-order valence-electron chi connectivity index (χ0n) is 12.7. The first-order valence-corrected chi connectivity index (χ1v) is 7.30. The van der Waals surface area contributed by atoms with E-state index in [1.54, 1.807) is 12.2 Å². The number of hydrogen-bond acceptors (Lipinski definition) is 2. The topological polar surface area (TPSA) is 61.1 Å². The number of carbonyl (C=O) groups is 1. The van der Waals surface area contributed by atoms with E-state index in [0.29, 0.717) is 5.57 Å². The normalized spacial score (nSPS) is 10.3. The molecule has 1 rings (SSSR count). The van der Waals surface area contributed by atoms with Crippen LogP contribution in [0.15, 0.2) is 55.1 Å². The second kappa shape index (κ2) is 9.36. The van der Waals surface area contributed by atoms with Gasteiger partial charge in [-0.15, -0.1) is 0 Å². The van der Waals surface area contributed by atoms with E-state index < -0.39 is 5.97 Å². The van der Waals surface area contributed by atoms with Gasteiger partial charge in [0.1, 0.15) is 0 Å². The molecule has 0 unspecified atom stereocenters. The van der Waals surface area contributed by atoms with Gasteiger partial charge in [0.05, 0.1) is 6.07 Å². The Hall–Kier alpha value is -2.60. The average Bonchev–Trinajstić information content (AvgIpc) is 2.52. The third kappa shape index (κ3) is 6.71. The number of nitrogens with zero attached hydrogens (tertiary/aromatic N) is 1. The molecule has 0 bridgehead atoms. The summed E-state index contributed by atoms with van der Waals surface area (Å²) < 4.78 is 0. The molecule has 0 heterocycles. The highest BCUT2D eigenvalue weighted by Gasteiger charge is 1.99. The highest BCUT2D eigenvalue weighted by molar-refractivity contribution is 5.72. The molecule has 1 N–H and O–H groups in total. The minimum absolute atomic E-state index is 0.249. The first-order valence-electron chi connectivity index (χ1n) is 7.30. The van der Waals surface area contributed by atoms with Crippen molar-refractivity contribution in [1.29, 1.82) is 5.26 Å². The summed E-state index contributed by atoms with van der Waals surface area (Å²) in [5.74, 6) is -0.727. The van der Waals surface area contributed by atoms with E-state index in [2.05, 4.69) is 25.3 Å². The van der Waals surface area contributed by atoms with Crippen LogP contribution >= 0.6 is 0 Å². The number of nitriles is 1. The number of unbranched alkanes of at least 4 members (excludes halogenated alkanes) is 2. The molecule has 0 saturated heterocycles. The van der Waals surface area contributed by atoms with Crippen molar-refractivity contribution in [1.82, 2.24) is 0 Å². The zero-order valence-corrected chi connectivity index (χ0v) is 12.7. The number of benzene rings is 1. The quantitative estimate of drug-likeness (QED) is 0.414. The van der Waals surface area contributed by atoms with E-state index in [0.717, 1.165) is 36.8 Å². The van der Waals surface area contributed by atoms with Crippen molar-refractivity contribution >= 4 is 11.5 Å². The minimum atomic E-state index is -0.727. The van der Waals surface area contributed by atoms with E-state index in [-0.39, 0.29) is 6.42 Å². The number of hydrogen-bond donors (Lipinski definition) is 1. The van der Waals surface area contributed by atoms with Crippen LogP contribution in [0.5, 0.6) is 0 Å². The van der Waals surface area contributed by atoms with Crippen LogP contribution in [0.1, 0.15) is 36.8 Å². The smallest absolute Gasteiger partial charge is 0.303 e. The molecule has 3 heteroatoms. The van der Waals surface area contributed by atoms with E-state index in [4.69, 9.17) is 10.4 Å². The Morgan fingerprint density at radius 1 is 1.14 bits per heavy atom. The fourth-order valence-electron chi connectivity index (χ4n) is 2.00.